The smallest absolute Gasteiger partial charge is 0.318 e. The third kappa shape index (κ3) is 4.42. The van der Waals surface area contributed by atoms with Gasteiger partial charge in [0.1, 0.15) is 6.04 Å². The molecule has 8 nitrogen and oxygen atoms in total. The zero-order valence-corrected chi connectivity index (χ0v) is 15.4. The van der Waals surface area contributed by atoms with Crippen LogP contribution in [-0.4, -0.2) is 88.6 Å². The summed E-state index contributed by atoms with van der Waals surface area (Å²) < 4.78 is 0. The average Bonchev–Trinajstić information content (AvgIpc) is 2.55. The van der Waals surface area contributed by atoms with Gasteiger partial charge >= 0.3 is 12.0 Å². The Morgan fingerprint density at radius 2 is 1.92 bits per heavy atom. The molecule has 1 aliphatic heterocycles. The molecule has 2 aliphatic rings. The fraction of sp³-hybridized carbons (Fsp3) is 0.824. The number of carboxylic acids is 1. The van der Waals surface area contributed by atoms with Crippen LogP contribution in [0.25, 0.3) is 0 Å². The summed E-state index contributed by atoms with van der Waals surface area (Å²) >= 11 is 0. The van der Waals surface area contributed by atoms with Gasteiger partial charge in [-0.1, -0.05) is 13.8 Å². The molecule has 0 aromatic rings. The molecule has 2 fully saturated rings. The topological polar surface area (TPSA) is 93.2 Å². The number of carbonyl (C=O) groups is 3. The maximum atomic E-state index is 12.6. The third-order valence-electron chi connectivity index (χ3n) is 5.31. The van der Waals surface area contributed by atoms with E-state index in [0.29, 0.717) is 32.6 Å². The molecule has 25 heavy (non-hydrogen) atoms. The van der Waals surface area contributed by atoms with Gasteiger partial charge in [0.2, 0.25) is 5.91 Å². The van der Waals surface area contributed by atoms with Crippen LogP contribution in [0, 0.1) is 0 Å². The number of amides is 3. The minimum absolute atomic E-state index is 0.0245. The Labute approximate surface area is 149 Å². The van der Waals surface area contributed by atoms with E-state index in [0.717, 1.165) is 12.8 Å². The molecular weight excluding hydrogens is 324 g/mol. The molecule has 1 heterocycles. The van der Waals surface area contributed by atoms with Crippen LogP contribution in [0.5, 0.6) is 0 Å². The van der Waals surface area contributed by atoms with Crippen LogP contribution < -0.4 is 5.32 Å². The number of aliphatic carboxylic acids is 1. The minimum Gasteiger partial charge on any atom is -0.480 e. The van der Waals surface area contributed by atoms with Crippen LogP contribution in [0.4, 0.5) is 4.79 Å². The fourth-order valence-corrected chi connectivity index (χ4v) is 3.72. The van der Waals surface area contributed by atoms with E-state index in [1.807, 2.05) is 25.7 Å². The summed E-state index contributed by atoms with van der Waals surface area (Å²) in [5, 5.41) is 11.9. The first-order valence-electron chi connectivity index (χ1n) is 9.22. The molecular formula is C17H30N4O4. The highest BCUT2D eigenvalue weighted by molar-refractivity contribution is 5.88. The van der Waals surface area contributed by atoms with E-state index in [-0.39, 0.29) is 36.6 Å². The van der Waals surface area contributed by atoms with Gasteiger partial charge in [-0.2, -0.15) is 0 Å². The van der Waals surface area contributed by atoms with Crippen LogP contribution in [0.1, 0.15) is 40.0 Å². The Bertz CT molecular complexity index is 507. The van der Waals surface area contributed by atoms with Gasteiger partial charge in [-0.05, 0) is 32.7 Å². The molecule has 1 saturated carbocycles. The van der Waals surface area contributed by atoms with Crippen LogP contribution >= 0.6 is 0 Å². The number of rotatable bonds is 7. The molecule has 1 saturated heterocycles. The Hall–Kier alpha value is -1.83. The summed E-state index contributed by atoms with van der Waals surface area (Å²) in [6, 6.07) is -0.312. The first kappa shape index (κ1) is 19.5. The number of hydrogen-bond donors (Lipinski definition) is 2. The van der Waals surface area contributed by atoms with Crippen molar-refractivity contribution in [2.45, 2.75) is 58.2 Å². The van der Waals surface area contributed by atoms with E-state index in [4.69, 9.17) is 5.11 Å². The van der Waals surface area contributed by atoms with Gasteiger partial charge in [-0.3, -0.25) is 14.5 Å². The monoisotopic (exact) mass is 354 g/mol. The molecule has 0 aromatic carbocycles. The molecule has 0 bridgehead atoms. The molecule has 2 N–H and O–H groups in total. The lowest BCUT2D eigenvalue weighted by Crippen LogP contribution is -2.63. The average molecular weight is 354 g/mol. The highest BCUT2D eigenvalue weighted by Gasteiger charge is 2.39. The van der Waals surface area contributed by atoms with Crippen molar-refractivity contribution >= 4 is 17.9 Å². The van der Waals surface area contributed by atoms with E-state index >= 15 is 0 Å². The van der Waals surface area contributed by atoms with Crippen molar-refractivity contribution in [2.24, 2.45) is 0 Å². The Morgan fingerprint density at radius 1 is 1.24 bits per heavy atom. The first-order chi connectivity index (χ1) is 11.9. The number of carbonyl (C=O) groups excluding carboxylic acids is 2. The van der Waals surface area contributed by atoms with Crippen molar-refractivity contribution in [2.75, 3.05) is 32.7 Å². The van der Waals surface area contributed by atoms with Crippen molar-refractivity contribution in [1.82, 2.24) is 20.0 Å². The quantitative estimate of drug-likeness (QED) is 0.697. The lowest BCUT2D eigenvalue weighted by Gasteiger charge is -2.44. The van der Waals surface area contributed by atoms with E-state index in [2.05, 4.69) is 5.32 Å². The van der Waals surface area contributed by atoms with Gasteiger partial charge in [0.05, 0.1) is 6.54 Å². The summed E-state index contributed by atoms with van der Waals surface area (Å²) in [4.78, 5) is 41.2. The van der Waals surface area contributed by atoms with Crippen molar-refractivity contribution in [1.29, 1.82) is 0 Å². The summed E-state index contributed by atoms with van der Waals surface area (Å²) in [5.41, 5.74) is 0. The van der Waals surface area contributed by atoms with Crippen LogP contribution in [0.15, 0.2) is 0 Å². The third-order valence-corrected chi connectivity index (χ3v) is 5.31. The lowest BCUT2D eigenvalue weighted by atomic mass is 9.85. The van der Waals surface area contributed by atoms with Crippen LogP contribution in [0.3, 0.4) is 0 Å². The second-order valence-corrected chi connectivity index (χ2v) is 6.76. The number of piperazine rings is 1. The molecule has 8 heteroatoms. The number of likely N-dealkylation sites (N-methyl/N-ethyl adjacent to an activating group) is 2. The Kier molecular flexibility index (Phi) is 6.64. The molecule has 0 radical (unpaired) electrons. The predicted octanol–water partition coefficient (Wildman–Crippen LogP) is 0.576. The minimum atomic E-state index is -0.826. The summed E-state index contributed by atoms with van der Waals surface area (Å²) in [6.45, 7) is 8.34. The molecule has 2 rings (SSSR count). The van der Waals surface area contributed by atoms with Crippen molar-refractivity contribution in [3.05, 3.63) is 0 Å². The molecule has 142 valence electrons. The van der Waals surface area contributed by atoms with E-state index < -0.39 is 5.97 Å². The van der Waals surface area contributed by atoms with Gasteiger partial charge in [-0.15, -0.1) is 0 Å². The van der Waals surface area contributed by atoms with E-state index in [1.54, 1.807) is 9.80 Å². The maximum absolute atomic E-state index is 12.6. The van der Waals surface area contributed by atoms with Gasteiger partial charge in [0.15, 0.2) is 0 Å². The highest BCUT2D eigenvalue weighted by atomic mass is 16.4. The van der Waals surface area contributed by atoms with E-state index in [1.165, 1.54) is 0 Å². The van der Waals surface area contributed by atoms with Crippen molar-refractivity contribution in [3.63, 3.8) is 0 Å². The summed E-state index contributed by atoms with van der Waals surface area (Å²) in [5.74, 6) is -0.802. The standard InChI is InChI=1S/C17H30N4O4/c1-4-14-16(24)19(5-2)7-8-21(14)17(25)18-12-9-13(10-12)20(6-3)11-15(22)23/h12-14H,4-11H2,1-3H3,(H,18,25)(H,22,23). The van der Waals surface area contributed by atoms with E-state index in [9.17, 15) is 14.4 Å². The Balaban J connectivity index is 1.85. The molecule has 3 amide bonds. The van der Waals surface area contributed by atoms with Crippen LogP contribution in [-0.2, 0) is 9.59 Å². The molecule has 0 spiro atoms. The van der Waals surface area contributed by atoms with Crippen molar-refractivity contribution in [3.8, 4) is 0 Å². The fourth-order valence-electron chi connectivity index (χ4n) is 3.72. The predicted molar refractivity (Wildman–Crippen MR) is 93.3 cm³/mol. The highest BCUT2D eigenvalue weighted by Crippen LogP contribution is 2.26. The SMILES string of the molecule is CCC1C(=O)N(CC)CCN1C(=O)NC1CC(N(CC)CC(=O)O)C1. The second-order valence-electron chi connectivity index (χ2n) is 6.76. The molecule has 0 aromatic heterocycles. The number of nitrogens with one attached hydrogen (secondary N) is 1. The zero-order chi connectivity index (χ0) is 18.6. The number of nitrogens with zero attached hydrogens (tertiary/aromatic N) is 3. The van der Waals surface area contributed by atoms with Crippen molar-refractivity contribution < 1.29 is 19.5 Å². The summed E-state index contributed by atoms with van der Waals surface area (Å²) in [6.07, 6.45) is 2.12. The van der Waals surface area contributed by atoms with Gasteiger partial charge in [0.25, 0.3) is 0 Å². The van der Waals surface area contributed by atoms with Crippen LogP contribution in [0.2, 0.25) is 0 Å². The number of hydrogen-bond acceptors (Lipinski definition) is 4. The lowest BCUT2D eigenvalue weighted by molar-refractivity contribution is -0.140. The Morgan fingerprint density at radius 3 is 2.44 bits per heavy atom. The maximum Gasteiger partial charge on any atom is 0.318 e. The summed E-state index contributed by atoms with van der Waals surface area (Å²) in [7, 11) is 0. The first-order valence-corrected chi connectivity index (χ1v) is 9.22. The van der Waals surface area contributed by atoms with Gasteiger partial charge in [-0.25, -0.2) is 4.79 Å². The van der Waals surface area contributed by atoms with Gasteiger partial charge < -0.3 is 20.2 Å². The second kappa shape index (κ2) is 8.51. The molecule has 1 aliphatic carbocycles. The largest absolute Gasteiger partial charge is 0.480 e. The molecule has 1 unspecified atom stereocenters. The zero-order valence-electron chi connectivity index (χ0n) is 15.4. The normalized spacial score (nSPS) is 26.6. The molecule has 1 atom stereocenters. The number of carboxylic acid groups (broad SMARTS) is 1. The number of urea groups is 1. The van der Waals surface area contributed by atoms with Gasteiger partial charge in [0, 0.05) is 31.7 Å².